The van der Waals surface area contributed by atoms with Crippen molar-refractivity contribution in [2.24, 2.45) is 11.7 Å². The number of likely N-dealkylation sites (tertiary alicyclic amines) is 1. The summed E-state index contributed by atoms with van der Waals surface area (Å²) in [7, 11) is 3.97. The molecule has 0 amide bonds. The molecule has 0 radical (unpaired) electrons. The number of rotatable bonds is 6. The average Bonchev–Trinajstić information content (AvgIpc) is 3.28. The summed E-state index contributed by atoms with van der Waals surface area (Å²) < 4.78 is 7.93. The highest BCUT2D eigenvalue weighted by Gasteiger charge is 2.45. The molecular weight excluding hydrogens is 386 g/mol. The van der Waals surface area contributed by atoms with E-state index in [1.165, 1.54) is 12.8 Å². The number of ether oxygens (including phenoxy) is 1. The molecule has 30 heavy (non-hydrogen) atoms. The fraction of sp³-hybridized carbons (Fsp3) is 0.850. The first-order valence-electron chi connectivity index (χ1n) is 11.0. The van der Waals surface area contributed by atoms with Gasteiger partial charge in [-0.05, 0) is 38.9 Å². The van der Waals surface area contributed by atoms with Crippen molar-refractivity contribution in [1.29, 1.82) is 0 Å². The molecule has 2 fully saturated rings. The van der Waals surface area contributed by atoms with Crippen molar-refractivity contribution in [3.63, 3.8) is 0 Å². The first-order valence-corrected chi connectivity index (χ1v) is 11.0. The first kappa shape index (κ1) is 21.9. The Bertz CT molecular complexity index is 709. The molecule has 5 atom stereocenters. The summed E-state index contributed by atoms with van der Waals surface area (Å²) in [5, 5.41) is 24.5. The van der Waals surface area contributed by atoms with E-state index in [0.717, 1.165) is 37.9 Å². The minimum atomic E-state index is -1.02. The Labute approximate surface area is 178 Å². The van der Waals surface area contributed by atoms with Crippen LogP contribution in [0.2, 0.25) is 0 Å². The molecule has 170 valence electrons. The number of nitrogens with one attached hydrogen (secondary N) is 1. The van der Waals surface area contributed by atoms with Crippen molar-refractivity contribution in [3.8, 4) is 0 Å². The number of hydrogen-bond acceptors (Lipinski definition) is 9. The number of aromatic nitrogens is 2. The van der Waals surface area contributed by atoms with Crippen LogP contribution in [0.15, 0.2) is 6.33 Å². The van der Waals surface area contributed by atoms with E-state index in [2.05, 4.69) is 27.0 Å². The molecule has 5 N–H and O–H groups in total. The highest BCUT2D eigenvalue weighted by atomic mass is 16.6. The summed E-state index contributed by atoms with van der Waals surface area (Å²) in [6.07, 6.45) is 0.687. The van der Waals surface area contributed by atoms with Gasteiger partial charge in [0.2, 0.25) is 0 Å². The Kier molecular flexibility index (Phi) is 6.64. The van der Waals surface area contributed by atoms with E-state index in [4.69, 9.17) is 10.5 Å². The molecular formula is C20H37N7O3. The number of nitrogens with two attached hydrogens (primary N) is 1. The van der Waals surface area contributed by atoms with Gasteiger partial charge in [-0.1, -0.05) is 6.92 Å². The van der Waals surface area contributed by atoms with E-state index >= 15 is 0 Å². The van der Waals surface area contributed by atoms with Crippen LogP contribution in [0.1, 0.15) is 37.9 Å². The van der Waals surface area contributed by atoms with E-state index in [1.807, 2.05) is 19.0 Å². The number of piperidine rings is 1. The van der Waals surface area contributed by atoms with Crippen LogP contribution >= 0.6 is 0 Å². The average molecular weight is 424 g/mol. The molecule has 3 aliphatic heterocycles. The second kappa shape index (κ2) is 9.07. The SMILES string of the molecule is CC1CCN(CCN(C)C[C@H]2O[C@@H](n3cnc4c3N(C)CNC4N)[C@H](O)[C@@H]2O)CC1. The number of aliphatic hydroxyl groups excluding tert-OH is 2. The van der Waals surface area contributed by atoms with Crippen LogP contribution in [0.3, 0.4) is 0 Å². The molecule has 0 saturated carbocycles. The third-order valence-corrected chi connectivity index (χ3v) is 6.78. The molecule has 10 heteroatoms. The van der Waals surface area contributed by atoms with Gasteiger partial charge in [0.25, 0.3) is 0 Å². The van der Waals surface area contributed by atoms with Crippen molar-refractivity contribution in [3.05, 3.63) is 12.0 Å². The Morgan fingerprint density at radius 1 is 1.30 bits per heavy atom. The van der Waals surface area contributed by atoms with Crippen molar-refractivity contribution in [2.75, 3.05) is 58.4 Å². The lowest BCUT2D eigenvalue weighted by Crippen LogP contribution is -2.44. The summed E-state index contributed by atoms with van der Waals surface area (Å²) in [5.41, 5.74) is 6.81. The maximum absolute atomic E-state index is 10.7. The highest BCUT2D eigenvalue weighted by Crippen LogP contribution is 2.36. The summed E-state index contributed by atoms with van der Waals surface area (Å²) in [6, 6.07) is 0. The first-order chi connectivity index (χ1) is 14.3. The van der Waals surface area contributed by atoms with Gasteiger partial charge in [-0.3, -0.25) is 9.88 Å². The zero-order chi connectivity index (χ0) is 21.4. The number of fused-ring (bicyclic) bond motifs is 1. The minimum Gasteiger partial charge on any atom is -0.387 e. The van der Waals surface area contributed by atoms with Gasteiger partial charge in [-0.25, -0.2) is 4.98 Å². The smallest absolute Gasteiger partial charge is 0.165 e. The van der Waals surface area contributed by atoms with Gasteiger partial charge in [0.15, 0.2) is 6.23 Å². The van der Waals surface area contributed by atoms with E-state index in [0.29, 0.717) is 18.9 Å². The van der Waals surface area contributed by atoms with Crippen molar-refractivity contribution in [1.82, 2.24) is 24.7 Å². The molecule has 0 aromatic carbocycles. The topological polar surface area (TPSA) is 115 Å². The van der Waals surface area contributed by atoms with Crippen molar-refractivity contribution >= 4 is 5.82 Å². The number of anilines is 1. The van der Waals surface area contributed by atoms with Gasteiger partial charge in [-0.2, -0.15) is 0 Å². The molecule has 1 unspecified atom stereocenters. The Hall–Kier alpha value is -1.27. The van der Waals surface area contributed by atoms with Crippen LogP contribution < -0.4 is 16.0 Å². The predicted octanol–water partition coefficient (Wildman–Crippen LogP) is -0.880. The van der Waals surface area contributed by atoms with Crippen LogP contribution in [-0.4, -0.2) is 101 Å². The van der Waals surface area contributed by atoms with E-state index in [1.54, 1.807) is 10.9 Å². The van der Waals surface area contributed by atoms with Gasteiger partial charge in [0, 0.05) is 26.7 Å². The summed E-state index contributed by atoms with van der Waals surface area (Å²) in [5.74, 6) is 1.64. The van der Waals surface area contributed by atoms with Gasteiger partial charge < -0.3 is 35.4 Å². The zero-order valence-electron chi connectivity index (χ0n) is 18.3. The maximum Gasteiger partial charge on any atom is 0.165 e. The third-order valence-electron chi connectivity index (χ3n) is 6.78. The number of aliphatic hydroxyl groups is 2. The van der Waals surface area contributed by atoms with E-state index in [-0.39, 0.29) is 6.17 Å². The molecule has 0 bridgehead atoms. The number of nitrogens with zero attached hydrogens (tertiary/aromatic N) is 5. The van der Waals surface area contributed by atoms with Crippen molar-refractivity contribution < 1.29 is 14.9 Å². The fourth-order valence-electron chi connectivity index (χ4n) is 4.68. The summed E-state index contributed by atoms with van der Waals surface area (Å²) >= 11 is 0. The number of likely N-dealkylation sites (N-methyl/N-ethyl adjacent to an activating group) is 1. The number of imidazole rings is 1. The Morgan fingerprint density at radius 2 is 2.03 bits per heavy atom. The maximum atomic E-state index is 10.7. The van der Waals surface area contributed by atoms with Crippen LogP contribution in [0.25, 0.3) is 0 Å². The Balaban J connectivity index is 1.36. The van der Waals surface area contributed by atoms with Crippen LogP contribution in [0.5, 0.6) is 0 Å². The lowest BCUT2D eigenvalue weighted by Gasteiger charge is -2.32. The fourth-order valence-corrected chi connectivity index (χ4v) is 4.68. The van der Waals surface area contributed by atoms with Gasteiger partial charge >= 0.3 is 0 Å². The third kappa shape index (κ3) is 4.36. The van der Waals surface area contributed by atoms with E-state index < -0.39 is 24.5 Å². The molecule has 3 aliphatic rings. The normalized spacial score (nSPS) is 33.4. The summed E-state index contributed by atoms with van der Waals surface area (Å²) in [6.45, 7) is 7.71. The van der Waals surface area contributed by atoms with Crippen LogP contribution in [-0.2, 0) is 4.74 Å². The molecule has 1 aromatic heterocycles. The monoisotopic (exact) mass is 423 g/mol. The molecule has 4 rings (SSSR count). The summed E-state index contributed by atoms with van der Waals surface area (Å²) in [4.78, 5) is 11.1. The van der Waals surface area contributed by atoms with Gasteiger partial charge in [-0.15, -0.1) is 0 Å². The van der Waals surface area contributed by atoms with Gasteiger partial charge in [0.05, 0.1) is 13.0 Å². The van der Waals surface area contributed by atoms with E-state index in [9.17, 15) is 10.2 Å². The molecule has 0 spiro atoms. The lowest BCUT2D eigenvalue weighted by molar-refractivity contribution is -0.0439. The molecule has 1 aromatic rings. The standard InChI is InChI=1S/C20H37N7O3/c1-13-4-6-26(7-5-13)9-8-24(2)10-14-16(28)17(29)20(30-14)27-12-22-15-18(21)23-11-25(3)19(15)27/h12-14,16-18,20,23,28-29H,4-11,21H2,1-3H3/t14-,16-,17-,18?,20-/m1/s1. The molecule has 0 aliphatic carbocycles. The molecule has 4 heterocycles. The Morgan fingerprint density at radius 3 is 2.77 bits per heavy atom. The second-order valence-corrected chi connectivity index (χ2v) is 9.23. The van der Waals surface area contributed by atoms with Crippen LogP contribution in [0, 0.1) is 5.92 Å². The second-order valence-electron chi connectivity index (χ2n) is 9.23. The predicted molar refractivity (Wildman–Crippen MR) is 114 cm³/mol. The van der Waals surface area contributed by atoms with Crippen LogP contribution in [0.4, 0.5) is 5.82 Å². The highest BCUT2D eigenvalue weighted by molar-refractivity contribution is 5.48. The van der Waals surface area contributed by atoms with Gasteiger partial charge in [0.1, 0.15) is 36.0 Å². The lowest BCUT2D eigenvalue weighted by atomic mass is 9.99. The largest absolute Gasteiger partial charge is 0.387 e. The quantitative estimate of drug-likeness (QED) is 0.463. The molecule has 2 saturated heterocycles. The molecule has 10 nitrogen and oxygen atoms in total. The zero-order valence-corrected chi connectivity index (χ0v) is 18.3. The van der Waals surface area contributed by atoms with Crippen molar-refractivity contribution in [2.45, 2.75) is 50.5 Å². The number of hydrogen-bond donors (Lipinski definition) is 4. The minimum absolute atomic E-state index is 0.361.